The molecule has 0 spiro atoms. The number of benzene rings is 2. The van der Waals surface area contributed by atoms with Crippen molar-refractivity contribution in [1.29, 1.82) is 0 Å². The Morgan fingerprint density at radius 1 is 1.07 bits per heavy atom. The van der Waals surface area contributed by atoms with Gasteiger partial charge in [0, 0.05) is 73.7 Å². The molecule has 0 N–H and O–H groups in total. The zero-order valence-corrected chi connectivity index (χ0v) is 25.0. The molecule has 11 heteroatoms. The topological polar surface area (TPSA) is 53.8 Å². The Kier molecular flexibility index (Phi) is 8.86. The molecule has 0 bridgehead atoms. The van der Waals surface area contributed by atoms with Gasteiger partial charge in [-0.05, 0) is 56.0 Å². The van der Waals surface area contributed by atoms with Crippen LogP contribution in [0, 0.1) is 5.92 Å². The van der Waals surface area contributed by atoms with Gasteiger partial charge in [-0.25, -0.2) is 18.0 Å². The highest BCUT2D eigenvalue weighted by Gasteiger charge is 2.39. The Morgan fingerprint density at radius 2 is 1.81 bits per heavy atom. The van der Waals surface area contributed by atoms with Crippen LogP contribution in [0.2, 0.25) is 5.02 Å². The second-order valence-electron chi connectivity index (χ2n) is 11.7. The van der Waals surface area contributed by atoms with Crippen molar-refractivity contribution in [2.75, 3.05) is 62.2 Å². The molecule has 1 aromatic heterocycles. The van der Waals surface area contributed by atoms with Gasteiger partial charge in [0.25, 0.3) is 6.43 Å². The van der Waals surface area contributed by atoms with E-state index in [4.69, 9.17) is 16.3 Å². The van der Waals surface area contributed by atoms with Gasteiger partial charge in [-0.2, -0.15) is 5.10 Å². The quantitative estimate of drug-likeness (QED) is 0.252. The van der Waals surface area contributed by atoms with Crippen LogP contribution in [0.15, 0.2) is 48.7 Å². The van der Waals surface area contributed by atoms with Crippen LogP contribution in [-0.4, -0.2) is 79.2 Å². The number of anilines is 2. The number of piperazine rings is 1. The largest absolute Gasteiger partial charge is 0.462 e. The highest BCUT2D eigenvalue weighted by Crippen LogP contribution is 2.39. The van der Waals surface area contributed by atoms with Gasteiger partial charge in [-0.3, -0.25) is 9.58 Å². The molecule has 2 saturated heterocycles. The summed E-state index contributed by atoms with van der Waals surface area (Å²) in [5.41, 5.74) is 3.55. The first-order valence-corrected chi connectivity index (χ1v) is 15.5. The number of aromatic nitrogens is 2. The number of piperidine rings is 1. The lowest BCUT2D eigenvalue weighted by Gasteiger charge is -2.37. The van der Waals surface area contributed by atoms with Gasteiger partial charge in [0.05, 0.1) is 18.8 Å². The molecule has 230 valence electrons. The fourth-order valence-electron chi connectivity index (χ4n) is 6.40. The highest BCUT2D eigenvalue weighted by atomic mass is 35.5. The van der Waals surface area contributed by atoms with Crippen molar-refractivity contribution >= 4 is 28.9 Å². The number of rotatable bonds is 9. The first kappa shape index (κ1) is 29.8. The van der Waals surface area contributed by atoms with E-state index in [2.05, 4.69) is 44.1 Å². The summed E-state index contributed by atoms with van der Waals surface area (Å²) in [5.74, 6) is -0.560. The third kappa shape index (κ3) is 6.50. The zero-order valence-electron chi connectivity index (χ0n) is 24.3. The van der Waals surface area contributed by atoms with Gasteiger partial charge >= 0.3 is 5.97 Å². The molecule has 0 amide bonds. The predicted molar refractivity (Wildman–Crippen MR) is 162 cm³/mol. The third-order valence-corrected chi connectivity index (χ3v) is 9.06. The van der Waals surface area contributed by atoms with Crippen LogP contribution in [-0.2, 0) is 4.74 Å². The molecule has 3 atom stereocenters. The van der Waals surface area contributed by atoms with Crippen LogP contribution in [0.4, 0.5) is 24.5 Å². The maximum atomic E-state index is 14.2. The number of halogens is 4. The van der Waals surface area contributed by atoms with Crippen LogP contribution in [0.5, 0.6) is 0 Å². The van der Waals surface area contributed by atoms with Crippen LogP contribution in [0.25, 0.3) is 11.1 Å². The fraction of sp³-hybridized carbons (Fsp3) is 0.500. The minimum atomic E-state index is -2.86. The van der Waals surface area contributed by atoms with E-state index in [1.807, 2.05) is 18.2 Å². The van der Waals surface area contributed by atoms with Crippen molar-refractivity contribution in [2.45, 2.75) is 44.8 Å². The number of hydrogen-bond acceptors (Lipinski definition) is 6. The zero-order chi connectivity index (χ0) is 30.1. The van der Waals surface area contributed by atoms with Crippen molar-refractivity contribution in [3.05, 3.63) is 64.9 Å². The Labute approximate surface area is 255 Å². The number of carbonyl (C=O) groups is 1. The fourth-order valence-corrected chi connectivity index (χ4v) is 6.57. The molecule has 43 heavy (non-hydrogen) atoms. The number of carbonyl (C=O) groups excluding carboxylic acids is 1. The van der Waals surface area contributed by atoms with E-state index >= 15 is 0 Å². The van der Waals surface area contributed by atoms with Gasteiger partial charge in [-0.1, -0.05) is 29.8 Å². The maximum Gasteiger partial charge on any atom is 0.341 e. The molecule has 6 rings (SSSR count). The van der Waals surface area contributed by atoms with E-state index in [9.17, 15) is 18.0 Å². The van der Waals surface area contributed by atoms with Crippen molar-refractivity contribution < 1.29 is 22.7 Å². The Morgan fingerprint density at radius 3 is 2.49 bits per heavy atom. The van der Waals surface area contributed by atoms with Crippen LogP contribution in [0.3, 0.4) is 0 Å². The van der Waals surface area contributed by atoms with Gasteiger partial charge < -0.3 is 14.5 Å². The van der Waals surface area contributed by atoms with E-state index in [0.717, 1.165) is 68.2 Å². The molecule has 2 aliphatic heterocycles. The number of hydrogen-bond donors (Lipinski definition) is 0. The predicted octanol–water partition coefficient (Wildman–Crippen LogP) is 6.64. The Balaban J connectivity index is 1.19. The van der Waals surface area contributed by atoms with Gasteiger partial charge in [0.1, 0.15) is 17.4 Å². The third-order valence-electron chi connectivity index (χ3n) is 8.82. The van der Waals surface area contributed by atoms with Gasteiger partial charge in [-0.15, -0.1) is 0 Å². The smallest absolute Gasteiger partial charge is 0.341 e. The van der Waals surface area contributed by atoms with E-state index in [0.29, 0.717) is 24.4 Å². The first-order valence-electron chi connectivity index (χ1n) is 15.1. The summed E-state index contributed by atoms with van der Waals surface area (Å²) in [6.45, 7) is 7.49. The molecule has 3 heterocycles. The molecule has 3 fully saturated rings. The number of nitrogens with zero attached hydrogens (tertiary/aromatic N) is 5. The second kappa shape index (κ2) is 12.8. The van der Waals surface area contributed by atoms with E-state index in [-0.39, 0.29) is 24.1 Å². The normalized spacial score (nSPS) is 22.7. The lowest BCUT2D eigenvalue weighted by molar-refractivity contribution is 0.0512. The average molecular weight is 616 g/mol. The molecule has 3 aliphatic rings. The summed E-state index contributed by atoms with van der Waals surface area (Å²) in [6, 6.07) is 13.9. The minimum absolute atomic E-state index is 0.0986. The monoisotopic (exact) mass is 615 g/mol. The molecular formula is C32H37ClF3N5O2. The summed E-state index contributed by atoms with van der Waals surface area (Å²) in [5, 5.41) is 4.82. The van der Waals surface area contributed by atoms with Crippen molar-refractivity contribution in [1.82, 2.24) is 14.7 Å². The van der Waals surface area contributed by atoms with Crippen molar-refractivity contribution in [2.24, 2.45) is 5.92 Å². The average Bonchev–Trinajstić information content (AvgIpc) is 3.51. The Hall–Kier alpha value is -3.24. The van der Waals surface area contributed by atoms with E-state index < -0.39 is 24.3 Å². The van der Waals surface area contributed by atoms with E-state index in [1.165, 1.54) is 10.9 Å². The molecule has 0 radical (unpaired) electrons. The lowest BCUT2D eigenvalue weighted by Crippen LogP contribution is -2.47. The molecule has 1 aliphatic carbocycles. The van der Waals surface area contributed by atoms with Crippen molar-refractivity contribution in [3.63, 3.8) is 0 Å². The molecule has 2 aromatic carbocycles. The van der Waals surface area contributed by atoms with E-state index in [1.54, 1.807) is 6.92 Å². The van der Waals surface area contributed by atoms with Crippen LogP contribution >= 0.6 is 11.6 Å². The SMILES string of the molecule is CCOC(=O)c1cnn(C2CCCN(c3cc(Cl)ccc3-c3ccc(N4CCN(C[C@@H]5C[C@@H]5F)CC4)cc3)C2)c1C(F)F. The number of esters is 1. The summed E-state index contributed by atoms with van der Waals surface area (Å²) in [7, 11) is 0. The molecular weight excluding hydrogens is 579 g/mol. The summed E-state index contributed by atoms with van der Waals surface area (Å²) < 4.78 is 48.0. The van der Waals surface area contributed by atoms with Crippen LogP contribution in [0.1, 0.15) is 54.7 Å². The standard InChI is InChI=1S/C32H37ClF3N5O2/c1-2-43-32(42)27-18-37-41(30(27)31(35)36)25-4-3-11-40(20-25)29-17-23(33)7-10-26(29)21-5-8-24(9-6-21)39-14-12-38(13-15-39)19-22-16-28(22)34/h5-10,17-18,22,25,28,31H,2-4,11-16,19-20H2,1H3/t22-,25?,28-/m0/s1. The number of alkyl halides is 3. The lowest BCUT2D eigenvalue weighted by atomic mass is 9.99. The maximum absolute atomic E-state index is 14.2. The highest BCUT2D eigenvalue weighted by molar-refractivity contribution is 6.31. The summed E-state index contributed by atoms with van der Waals surface area (Å²) >= 11 is 6.47. The van der Waals surface area contributed by atoms with Gasteiger partial charge in [0.2, 0.25) is 0 Å². The first-order chi connectivity index (χ1) is 20.8. The van der Waals surface area contributed by atoms with Crippen molar-refractivity contribution in [3.8, 4) is 11.1 Å². The second-order valence-corrected chi connectivity index (χ2v) is 12.1. The molecule has 3 aromatic rings. The van der Waals surface area contributed by atoms with Gasteiger partial charge in [0.15, 0.2) is 0 Å². The molecule has 1 saturated carbocycles. The Bertz CT molecular complexity index is 1430. The molecule has 7 nitrogen and oxygen atoms in total. The minimum Gasteiger partial charge on any atom is -0.462 e. The molecule has 1 unspecified atom stereocenters. The summed E-state index contributed by atoms with van der Waals surface area (Å²) in [6.07, 6.45) is -0.135. The number of ether oxygens (including phenoxy) is 1. The van der Waals surface area contributed by atoms with Crippen LogP contribution < -0.4 is 9.80 Å². The summed E-state index contributed by atoms with van der Waals surface area (Å²) in [4.78, 5) is 19.2.